The van der Waals surface area contributed by atoms with Crippen molar-refractivity contribution in [2.75, 3.05) is 0 Å². The zero-order valence-corrected chi connectivity index (χ0v) is 7.31. The van der Waals surface area contributed by atoms with E-state index in [4.69, 9.17) is 0 Å². The van der Waals surface area contributed by atoms with Gasteiger partial charge < -0.3 is 0 Å². The number of aldehydes is 1. The minimum atomic E-state index is -0.504. The molecule has 14 heavy (non-hydrogen) atoms. The fourth-order valence-corrected chi connectivity index (χ4v) is 1.30. The Labute approximate surface area is 80.4 Å². The van der Waals surface area contributed by atoms with Crippen molar-refractivity contribution in [3.05, 3.63) is 42.1 Å². The Bertz CT molecular complexity index is 505. The van der Waals surface area contributed by atoms with E-state index in [0.29, 0.717) is 11.8 Å². The number of ketones is 1. The van der Waals surface area contributed by atoms with Gasteiger partial charge in [0.2, 0.25) is 5.78 Å². The Kier molecular flexibility index (Phi) is 2.07. The number of Topliss-reactive ketones (excluding diaryl/α,β-unsaturated/α-hetero) is 1. The molecule has 68 valence electrons. The van der Waals surface area contributed by atoms with E-state index in [0.717, 1.165) is 10.9 Å². The highest BCUT2D eigenvalue weighted by Gasteiger charge is 2.04. The van der Waals surface area contributed by atoms with Gasteiger partial charge in [-0.1, -0.05) is 6.07 Å². The summed E-state index contributed by atoms with van der Waals surface area (Å²) in [6.07, 6.45) is 2.00. The van der Waals surface area contributed by atoms with Crippen LogP contribution < -0.4 is 0 Å². The Morgan fingerprint density at radius 1 is 1.29 bits per heavy atom. The monoisotopic (exact) mass is 185 g/mol. The molecule has 1 aromatic carbocycles. The van der Waals surface area contributed by atoms with E-state index in [1.165, 1.54) is 0 Å². The summed E-state index contributed by atoms with van der Waals surface area (Å²) in [5.74, 6) is -0.504. The summed E-state index contributed by atoms with van der Waals surface area (Å²) in [6, 6.07) is 8.64. The summed E-state index contributed by atoms with van der Waals surface area (Å²) >= 11 is 0. The first-order chi connectivity index (χ1) is 6.81. The third kappa shape index (κ3) is 1.40. The molecular weight excluding hydrogens is 178 g/mol. The molecule has 0 spiro atoms. The van der Waals surface area contributed by atoms with Crippen LogP contribution in [-0.4, -0.2) is 17.1 Å². The van der Waals surface area contributed by atoms with Crippen LogP contribution in [0.25, 0.3) is 10.9 Å². The van der Waals surface area contributed by atoms with Crippen LogP contribution in [0.2, 0.25) is 0 Å². The zero-order valence-electron chi connectivity index (χ0n) is 7.31. The number of hydrogen-bond donors (Lipinski definition) is 0. The molecule has 3 heteroatoms. The molecule has 0 aliphatic carbocycles. The first kappa shape index (κ1) is 8.56. The second-order valence-corrected chi connectivity index (χ2v) is 2.89. The maximum absolute atomic E-state index is 11.1. The minimum Gasteiger partial charge on any atom is -0.294 e. The van der Waals surface area contributed by atoms with Crippen LogP contribution in [0.15, 0.2) is 36.5 Å². The summed E-state index contributed by atoms with van der Waals surface area (Å²) < 4.78 is 0. The van der Waals surface area contributed by atoms with Crippen molar-refractivity contribution in [2.45, 2.75) is 0 Å². The molecular formula is C11H7NO2. The number of nitrogens with zero attached hydrogens (tertiary/aromatic N) is 1. The van der Waals surface area contributed by atoms with Crippen LogP contribution in [0.4, 0.5) is 0 Å². The molecule has 0 atom stereocenters. The standard InChI is InChI=1S/C11H7NO2/c13-7-11(14)9-3-4-10-8(6-9)2-1-5-12-10/h1-7H. The molecule has 0 saturated carbocycles. The van der Waals surface area contributed by atoms with Crippen molar-refractivity contribution >= 4 is 23.0 Å². The Balaban J connectivity index is 2.62. The van der Waals surface area contributed by atoms with Crippen molar-refractivity contribution in [3.8, 4) is 0 Å². The van der Waals surface area contributed by atoms with Crippen LogP contribution in [-0.2, 0) is 4.79 Å². The third-order valence-electron chi connectivity index (χ3n) is 1.99. The number of pyridine rings is 1. The predicted octanol–water partition coefficient (Wildman–Crippen LogP) is 1.62. The number of fused-ring (bicyclic) bond motifs is 1. The van der Waals surface area contributed by atoms with Crippen molar-refractivity contribution in [3.63, 3.8) is 0 Å². The highest BCUT2D eigenvalue weighted by Crippen LogP contribution is 2.13. The molecule has 1 aromatic heterocycles. The molecule has 0 bridgehead atoms. The lowest BCUT2D eigenvalue weighted by molar-refractivity contribution is -0.104. The van der Waals surface area contributed by atoms with Crippen molar-refractivity contribution in [1.82, 2.24) is 4.98 Å². The van der Waals surface area contributed by atoms with Gasteiger partial charge >= 0.3 is 0 Å². The molecule has 0 radical (unpaired) electrons. The molecule has 0 amide bonds. The van der Waals surface area contributed by atoms with Crippen LogP contribution >= 0.6 is 0 Å². The van der Waals surface area contributed by atoms with Gasteiger partial charge in [0, 0.05) is 17.1 Å². The Morgan fingerprint density at radius 2 is 2.14 bits per heavy atom. The summed E-state index contributed by atoms with van der Waals surface area (Å²) in [5.41, 5.74) is 1.22. The predicted molar refractivity (Wildman–Crippen MR) is 52.1 cm³/mol. The summed E-state index contributed by atoms with van der Waals surface area (Å²) in [7, 11) is 0. The summed E-state index contributed by atoms with van der Waals surface area (Å²) in [6.45, 7) is 0. The lowest BCUT2D eigenvalue weighted by Crippen LogP contribution is -1.99. The van der Waals surface area contributed by atoms with Crippen molar-refractivity contribution in [2.24, 2.45) is 0 Å². The van der Waals surface area contributed by atoms with Crippen molar-refractivity contribution in [1.29, 1.82) is 0 Å². The number of carbonyl (C=O) groups excluding carboxylic acids is 2. The van der Waals surface area contributed by atoms with Gasteiger partial charge in [-0.2, -0.15) is 0 Å². The van der Waals surface area contributed by atoms with E-state index < -0.39 is 5.78 Å². The Hall–Kier alpha value is -2.03. The number of carbonyl (C=O) groups is 2. The molecule has 2 aromatic rings. The number of aromatic nitrogens is 1. The van der Waals surface area contributed by atoms with Crippen LogP contribution in [0.5, 0.6) is 0 Å². The first-order valence-corrected chi connectivity index (χ1v) is 4.15. The highest BCUT2D eigenvalue weighted by atomic mass is 16.2. The van der Waals surface area contributed by atoms with Gasteiger partial charge in [0.1, 0.15) is 0 Å². The second-order valence-electron chi connectivity index (χ2n) is 2.89. The smallest absolute Gasteiger partial charge is 0.225 e. The molecule has 0 saturated heterocycles. The van der Waals surface area contributed by atoms with Gasteiger partial charge in [0.25, 0.3) is 0 Å². The number of rotatable bonds is 2. The average molecular weight is 185 g/mol. The molecule has 0 unspecified atom stereocenters. The van der Waals surface area contributed by atoms with E-state index in [2.05, 4.69) is 4.98 Å². The van der Waals surface area contributed by atoms with Crippen LogP contribution in [0.3, 0.4) is 0 Å². The largest absolute Gasteiger partial charge is 0.294 e. The van der Waals surface area contributed by atoms with Crippen LogP contribution in [0, 0.1) is 0 Å². The van der Waals surface area contributed by atoms with E-state index in [9.17, 15) is 9.59 Å². The molecule has 0 fully saturated rings. The van der Waals surface area contributed by atoms with Gasteiger partial charge in [-0.25, -0.2) is 0 Å². The second kappa shape index (κ2) is 3.38. The van der Waals surface area contributed by atoms with Gasteiger partial charge in [-0.15, -0.1) is 0 Å². The van der Waals surface area contributed by atoms with Gasteiger partial charge in [-0.3, -0.25) is 14.6 Å². The van der Waals surface area contributed by atoms with Crippen LogP contribution in [0.1, 0.15) is 10.4 Å². The SMILES string of the molecule is O=CC(=O)c1ccc2ncccc2c1. The molecule has 3 nitrogen and oxygen atoms in total. The fraction of sp³-hybridized carbons (Fsp3) is 0. The molecule has 1 heterocycles. The lowest BCUT2D eigenvalue weighted by Gasteiger charge is -1.97. The maximum Gasteiger partial charge on any atom is 0.225 e. The van der Waals surface area contributed by atoms with E-state index >= 15 is 0 Å². The summed E-state index contributed by atoms with van der Waals surface area (Å²) in [5, 5.41) is 0.861. The fourth-order valence-electron chi connectivity index (χ4n) is 1.30. The van der Waals surface area contributed by atoms with E-state index in [-0.39, 0.29) is 0 Å². The lowest BCUT2D eigenvalue weighted by atomic mass is 10.1. The van der Waals surface area contributed by atoms with Crippen molar-refractivity contribution < 1.29 is 9.59 Å². The molecule has 0 aliphatic rings. The average Bonchev–Trinajstić information content (AvgIpc) is 2.27. The molecule has 0 aliphatic heterocycles. The highest BCUT2D eigenvalue weighted by molar-refractivity contribution is 6.33. The van der Waals surface area contributed by atoms with Gasteiger partial charge in [-0.05, 0) is 24.3 Å². The first-order valence-electron chi connectivity index (χ1n) is 4.15. The Morgan fingerprint density at radius 3 is 2.93 bits per heavy atom. The van der Waals surface area contributed by atoms with Gasteiger partial charge in [0.15, 0.2) is 6.29 Å². The molecule has 2 rings (SSSR count). The summed E-state index contributed by atoms with van der Waals surface area (Å²) in [4.78, 5) is 25.5. The van der Waals surface area contributed by atoms with E-state index in [1.54, 1.807) is 30.5 Å². The quantitative estimate of drug-likeness (QED) is 0.405. The number of hydrogen-bond acceptors (Lipinski definition) is 3. The minimum absolute atomic E-state index is 0.317. The van der Waals surface area contributed by atoms with Gasteiger partial charge in [0.05, 0.1) is 5.52 Å². The maximum atomic E-state index is 11.1. The number of benzene rings is 1. The topological polar surface area (TPSA) is 47.0 Å². The molecule has 0 N–H and O–H groups in total. The third-order valence-corrected chi connectivity index (χ3v) is 1.99. The normalized spacial score (nSPS) is 10.0. The zero-order chi connectivity index (χ0) is 9.97. The van der Waals surface area contributed by atoms with E-state index in [1.807, 2.05) is 6.07 Å².